The largest absolute Gasteiger partial charge is 0.495 e. The van der Waals surface area contributed by atoms with Crippen LogP contribution in [0.25, 0.3) is 0 Å². The molecule has 0 aromatic heterocycles. The number of ether oxygens (including phenoxy) is 1. The molecule has 90 valence electrons. The Morgan fingerprint density at radius 1 is 1.50 bits per heavy atom. The molecule has 0 bridgehead atoms. The van der Waals surface area contributed by atoms with Crippen molar-refractivity contribution in [3.05, 3.63) is 22.7 Å². The van der Waals surface area contributed by atoms with Gasteiger partial charge in [0.2, 0.25) is 10.0 Å². The van der Waals surface area contributed by atoms with Gasteiger partial charge in [-0.05, 0) is 28.1 Å². The molecule has 0 heterocycles. The quantitative estimate of drug-likeness (QED) is 0.855. The zero-order chi connectivity index (χ0) is 12.2. The van der Waals surface area contributed by atoms with Crippen LogP contribution in [0.2, 0.25) is 0 Å². The van der Waals surface area contributed by atoms with Crippen molar-refractivity contribution in [2.75, 3.05) is 24.1 Å². The maximum absolute atomic E-state index is 11.4. The summed E-state index contributed by atoms with van der Waals surface area (Å²) in [6, 6.07) is 4.94. The summed E-state index contributed by atoms with van der Waals surface area (Å²) in [5, 5.41) is 0. The van der Waals surface area contributed by atoms with Crippen LogP contribution in [0.4, 0.5) is 5.69 Å². The number of rotatable bonds is 5. The number of hydrogen-bond acceptors (Lipinski definition) is 4. The molecule has 5 nitrogen and oxygen atoms in total. The molecule has 0 aliphatic rings. The molecular formula is C9H13BrN2O3S. The molecule has 1 aromatic carbocycles. The van der Waals surface area contributed by atoms with E-state index in [0.717, 1.165) is 4.47 Å². The average molecular weight is 309 g/mol. The first-order valence-corrected chi connectivity index (χ1v) is 6.97. The number of methoxy groups -OCH3 is 1. The molecule has 0 spiro atoms. The Morgan fingerprint density at radius 3 is 2.75 bits per heavy atom. The molecule has 0 aliphatic carbocycles. The molecule has 7 heteroatoms. The summed E-state index contributed by atoms with van der Waals surface area (Å²) in [4.78, 5) is 0. The van der Waals surface area contributed by atoms with Crippen LogP contribution in [0.15, 0.2) is 22.7 Å². The van der Waals surface area contributed by atoms with E-state index in [4.69, 9.17) is 10.5 Å². The highest BCUT2D eigenvalue weighted by molar-refractivity contribution is 9.10. The Labute approximate surface area is 103 Å². The van der Waals surface area contributed by atoms with Crippen molar-refractivity contribution in [1.29, 1.82) is 0 Å². The van der Waals surface area contributed by atoms with Gasteiger partial charge in [-0.3, -0.25) is 4.72 Å². The number of nitrogens with two attached hydrogens (primary N) is 1. The second kappa shape index (κ2) is 5.51. The molecule has 0 radical (unpaired) electrons. The maximum Gasteiger partial charge on any atom is 0.233 e. The Balaban J connectivity index is 2.90. The fourth-order valence-electron chi connectivity index (χ4n) is 1.11. The second-order valence-corrected chi connectivity index (χ2v) is 5.76. The van der Waals surface area contributed by atoms with Crippen molar-refractivity contribution in [3.8, 4) is 5.75 Å². The predicted molar refractivity (Wildman–Crippen MR) is 67.2 cm³/mol. The lowest BCUT2D eigenvalue weighted by Crippen LogP contribution is -2.22. The minimum atomic E-state index is -3.37. The van der Waals surface area contributed by atoms with Gasteiger partial charge in [0.15, 0.2) is 0 Å². The first-order chi connectivity index (χ1) is 7.48. The fraction of sp³-hybridized carbons (Fsp3) is 0.333. The molecule has 0 fully saturated rings. The lowest BCUT2D eigenvalue weighted by atomic mass is 10.3. The van der Waals surface area contributed by atoms with Gasteiger partial charge in [0, 0.05) is 12.6 Å². The first kappa shape index (κ1) is 13.3. The topological polar surface area (TPSA) is 81.4 Å². The van der Waals surface area contributed by atoms with E-state index in [-0.39, 0.29) is 12.3 Å². The summed E-state index contributed by atoms with van der Waals surface area (Å²) in [6.45, 7) is 0.0863. The third kappa shape index (κ3) is 3.66. The predicted octanol–water partition coefficient (Wildman–Crippen LogP) is 1.16. The number of nitrogens with one attached hydrogen (secondary N) is 1. The third-order valence-electron chi connectivity index (χ3n) is 1.81. The van der Waals surface area contributed by atoms with Crippen LogP contribution in [-0.4, -0.2) is 27.8 Å². The van der Waals surface area contributed by atoms with Crippen molar-refractivity contribution < 1.29 is 13.2 Å². The molecule has 0 aliphatic heterocycles. The Kier molecular flexibility index (Phi) is 4.57. The summed E-state index contributed by atoms with van der Waals surface area (Å²) in [5.41, 5.74) is 5.65. The van der Waals surface area contributed by atoms with Gasteiger partial charge in [0.05, 0.1) is 23.0 Å². The van der Waals surface area contributed by atoms with Crippen LogP contribution in [0, 0.1) is 0 Å². The average Bonchev–Trinajstić information content (AvgIpc) is 2.20. The highest BCUT2D eigenvalue weighted by Crippen LogP contribution is 2.28. The van der Waals surface area contributed by atoms with Gasteiger partial charge >= 0.3 is 0 Å². The van der Waals surface area contributed by atoms with Crippen molar-refractivity contribution >= 4 is 31.6 Å². The van der Waals surface area contributed by atoms with E-state index in [2.05, 4.69) is 20.7 Å². The molecule has 0 saturated carbocycles. The van der Waals surface area contributed by atoms with Gasteiger partial charge in [-0.1, -0.05) is 0 Å². The standard InChI is InChI=1S/C9H13BrN2O3S/c1-15-9-6-7(2-3-8(9)10)12-16(13,14)5-4-11/h2-3,6,12H,4-5,11H2,1H3. The van der Waals surface area contributed by atoms with Crippen LogP contribution >= 0.6 is 15.9 Å². The lowest BCUT2D eigenvalue weighted by molar-refractivity contribution is 0.412. The van der Waals surface area contributed by atoms with Crippen molar-refractivity contribution in [2.45, 2.75) is 0 Å². The first-order valence-electron chi connectivity index (χ1n) is 4.52. The zero-order valence-electron chi connectivity index (χ0n) is 8.73. The van der Waals surface area contributed by atoms with E-state index in [1.807, 2.05) is 0 Å². The smallest absolute Gasteiger partial charge is 0.233 e. The molecule has 3 N–H and O–H groups in total. The van der Waals surface area contributed by atoms with Gasteiger partial charge in [0.1, 0.15) is 5.75 Å². The van der Waals surface area contributed by atoms with E-state index in [1.54, 1.807) is 18.2 Å². The summed E-state index contributed by atoms with van der Waals surface area (Å²) in [5.74, 6) is 0.457. The van der Waals surface area contributed by atoms with E-state index in [1.165, 1.54) is 7.11 Å². The van der Waals surface area contributed by atoms with Crippen LogP contribution in [0.3, 0.4) is 0 Å². The summed E-state index contributed by atoms with van der Waals surface area (Å²) in [7, 11) is -1.86. The van der Waals surface area contributed by atoms with Gasteiger partial charge in [-0.15, -0.1) is 0 Å². The summed E-state index contributed by atoms with van der Waals surface area (Å²) in [6.07, 6.45) is 0. The van der Waals surface area contributed by atoms with Crippen LogP contribution in [0.1, 0.15) is 0 Å². The Bertz CT molecular complexity index is 462. The van der Waals surface area contributed by atoms with Gasteiger partial charge in [0.25, 0.3) is 0 Å². The Morgan fingerprint density at radius 2 is 2.19 bits per heavy atom. The van der Waals surface area contributed by atoms with Crippen molar-refractivity contribution in [3.63, 3.8) is 0 Å². The summed E-state index contributed by atoms with van der Waals surface area (Å²) < 4.78 is 31.1. The van der Waals surface area contributed by atoms with Crippen molar-refractivity contribution in [2.24, 2.45) is 5.73 Å². The van der Waals surface area contributed by atoms with Crippen LogP contribution in [0.5, 0.6) is 5.75 Å². The molecule has 1 rings (SSSR count). The van der Waals surface area contributed by atoms with E-state index < -0.39 is 10.0 Å². The molecule has 0 atom stereocenters. The second-order valence-electron chi connectivity index (χ2n) is 3.06. The maximum atomic E-state index is 11.4. The third-order valence-corrected chi connectivity index (χ3v) is 3.79. The highest BCUT2D eigenvalue weighted by atomic mass is 79.9. The fourth-order valence-corrected chi connectivity index (χ4v) is 2.42. The number of sulfonamides is 1. The minimum absolute atomic E-state index is 0.0863. The van der Waals surface area contributed by atoms with E-state index >= 15 is 0 Å². The molecule has 0 unspecified atom stereocenters. The molecule has 16 heavy (non-hydrogen) atoms. The van der Waals surface area contributed by atoms with Gasteiger partial charge in [-0.2, -0.15) is 0 Å². The number of hydrogen-bond donors (Lipinski definition) is 2. The summed E-state index contributed by atoms with van der Waals surface area (Å²) >= 11 is 3.28. The number of anilines is 1. The normalized spacial score (nSPS) is 11.2. The molecule has 0 amide bonds. The van der Waals surface area contributed by atoms with E-state index in [0.29, 0.717) is 11.4 Å². The lowest BCUT2D eigenvalue weighted by Gasteiger charge is -2.09. The SMILES string of the molecule is COc1cc(NS(=O)(=O)CCN)ccc1Br. The van der Waals surface area contributed by atoms with Gasteiger partial charge in [-0.25, -0.2) is 8.42 Å². The van der Waals surface area contributed by atoms with Crippen molar-refractivity contribution in [1.82, 2.24) is 0 Å². The van der Waals surface area contributed by atoms with Crippen LogP contribution < -0.4 is 15.2 Å². The minimum Gasteiger partial charge on any atom is -0.495 e. The Hall–Kier alpha value is -0.790. The molecular weight excluding hydrogens is 296 g/mol. The van der Waals surface area contributed by atoms with Crippen LogP contribution in [-0.2, 0) is 10.0 Å². The molecule has 1 aromatic rings. The monoisotopic (exact) mass is 308 g/mol. The van der Waals surface area contributed by atoms with E-state index in [9.17, 15) is 8.42 Å². The number of halogens is 1. The van der Waals surface area contributed by atoms with Gasteiger partial charge < -0.3 is 10.5 Å². The highest BCUT2D eigenvalue weighted by Gasteiger charge is 2.10. The number of benzene rings is 1. The molecule has 0 saturated heterocycles. The zero-order valence-corrected chi connectivity index (χ0v) is 11.1.